The summed E-state index contributed by atoms with van der Waals surface area (Å²) < 4.78 is 18.2. The molecule has 2 saturated heterocycles. The summed E-state index contributed by atoms with van der Waals surface area (Å²) in [5.74, 6) is -0.781. The molecule has 2 heterocycles. The van der Waals surface area contributed by atoms with Crippen LogP contribution in [0.5, 0.6) is 0 Å². The van der Waals surface area contributed by atoms with Gasteiger partial charge >= 0.3 is 5.97 Å². The minimum atomic E-state index is -0.640. The van der Waals surface area contributed by atoms with Crippen molar-refractivity contribution in [3.05, 3.63) is 59.2 Å². The van der Waals surface area contributed by atoms with Crippen LogP contribution in [-0.4, -0.2) is 37.1 Å². The summed E-state index contributed by atoms with van der Waals surface area (Å²) in [7, 11) is 0. The van der Waals surface area contributed by atoms with Crippen molar-refractivity contribution in [3.8, 4) is 0 Å². The SMILES string of the molecule is CC1=CCCC2(C)CC3OC(=O)C(CNC4COC(C)(C)OC4c4ccccc4)C3C=C12. The highest BCUT2D eigenvalue weighted by molar-refractivity contribution is 5.76. The number of hydrogen-bond acceptors (Lipinski definition) is 5. The van der Waals surface area contributed by atoms with Crippen LogP contribution in [0.2, 0.25) is 0 Å². The van der Waals surface area contributed by atoms with E-state index in [0.717, 1.165) is 24.8 Å². The van der Waals surface area contributed by atoms with Crippen molar-refractivity contribution >= 4 is 5.97 Å². The van der Waals surface area contributed by atoms with Crippen molar-refractivity contribution in [1.29, 1.82) is 0 Å². The molecule has 1 aromatic carbocycles. The highest BCUT2D eigenvalue weighted by Gasteiger charge is 2.51. The van der Waals surface area contributed by atoms with Crippen LogP contribution in [-0.2, 0) is 19.0 Å². The largest absolute Gasteiger partial charge is 0.461 e. The van der Waals surface area contributed by atoms with Crippen LogP contribution in [0.4, 0.5) is 0 Å². The van der Waals surface area contributed by atoms with Gasteiger partial charge in [0.2, 0.25) is 0 Å². The molecule has 0 radical (unpaired) electrons. The highest BCUT2D eigenvalue weighted by atomic mass is 16.7. The number of ether oxygens (including phenoxy) is 3. The van der Waals surface area contributed by atoms with Gasteiger partial charge in [-0.2, -0.15) is 0 Å². The van der Waals surface area contributed by atoms with Gasteiger partial charge in [-0.05, 0) is 56.6 Å². The van der Waals surface area contributed by atoms with E-state index >= 15 is 0 Å². The molecule has 1 N–H and O–H groups in total. The molecule has 0 spiro atoms. The molecule has 32 heavy (non-hydrogen) atoms. The van der Waals surface area contributed by atoms with E-state index in [1.54, 1.807) is 0 Å². The Labute approximate surface area is 191 Å². The number of carbonyl (C=O) groups is 1. The first kappa shape index (κ1) is 21.9. The van der Waals surface area contributed by atoms with E-state index in [9.17, 15) is 4.79 Å². The molecule has 0 aromatic heterocycles. The Hall–Kier alpha value is -1.95. The van der Waals surface area contributed by atoms with Gasteiger partial charge < -0.3 is 19.5 Å². The maximum atomic E-state index is 12.9. The Kier molecular flexibility index (Phi) is 5.55. The van der Waals surface area contributed by atoms with Crippen LogP contribution >= 0.6 is 0 Å². The fraction of sp³-hybridized carbons (Fsp3) is 0.593. The Morgan fingerprint density at radius 3 is 2.72 bits per heavy atom. The van der Waals surface area contributed by atoms with E-state index in [4.69, 9.17) is 14.2 Å². The minimum absolute atomic E-state index is 0.0170. The quantitative estimate of drug-likeness (QED) is 0.692. The van der Waals surface area contributed by atoms with Gasteiger partial charge in [-0.25, -0.2) is 0 Å². The summed E-state index contributed by atoms with van der Waals surface area (Å²) in [4.78, 5) is 12.9. The lowest BCUT2D eigenvalue weighted by atomic mass is 9.62. The van der Waals surface area contributed by atoms with Crippen molar-refractivity contribution in [2.45, 2.75) is 71.0 Å². The second kappa shape index (κ2) is 8.12. The summed E-state index contributed by atoms with van der Waals surface area (Å²) in [5.41, 5.74) is 4.02. The maximum Gasteiger partial charge on any atom is 0.311 e. The molecule has 2 aliphatic carbocycles. The number of fused-ring (bicyclic) bond motifs is 2. The van der Waals surface area contributed by atoms with Crippen LogP contribution in [0.3, 0.4) is 0 Å². The molecule has 5 heteroatoms. The van der Waals surface area contributed by atoms with Gasteiger partial charge in [0, 0.05) is 12.5 Å². The summed E-state index contributed by atoms with van der Waals surface area (Å²) in [6.45, 7) is 9.52. The van der Waals surface area contributed by atoms with E-state index in [-0.39, 0.29) is 41.5 Å². The third-order valence-electron chi connectivity index (χ3n) is 7.81. The Balaban J connectivity index is 1.34. The van der Waals surface area contributed by atoms with Gasteiger partial charge in [-0.15, -0.1) is 0 Å². The van der Waals surface area contributed by atoms with Gasteiger partial charge in [0.1, 0.15) is 12.2 Å². The fourth-order valence-electron chi connectivity index (χ4n) is 6.05. The van der Waals surface area contributed by atoms with Crippen LogP contribution in [0.1, 0.15) is 58.6 Å². The van der Waals surface area contributed by atoms with Gasteiger partial charge in [-0.3, -0.25) is 4.79 Å². The monoisotopic (exact) mass is 437 g/mol. The van der Waals surface area contributed by atoms with Crippen molar-refractivity contribution < 1.29 is 19.0 Å². The van der Waals surface area contributed by atoms with E-state index in [2.05, 4.69) is 43.4 Å². The number of esters is 1. The smallest absolute Gasteiger partial charge is 0.311 e. The normalized spacial score (nSPS) is 38.2. The molecule has 5 nitrogen and oxygen atoms in total. The zero-order chi connectivity index (χ0) is 22.5. The number of nitrogens with one attached hydrogen (secondary N) is 1. The molecular weight excluding hydrogens is 402 g/mol. The first-order valence-corrected chi connectivity index (χ1v) is 12.0. The standard InChI is InChI=1S/C27H35NO4/c1-17-9-8-12-27(4)14-23-19(13-21(17)27)20(25(29)31-23)15-28-22-16-30-26(2,3)32-24(22)18-10-6-5-7-11-18/h5-7,9-11,13,19-20,22-24,28H,8,12,14-16H2,1-4H3. The third-order valence-corrected chi connectivity index (χ3v) is 7.81. The summed E-state index contributed by atoms with van der Waals surface area (Å²) >= 11 is 0. The number of benzene rings is 1. The molecule has 172 valence electrons. The average molecular weight is 438 g/mol. The predicted molar refractivity (Wildman–Crippen MR) is 123 cm³/mol. The summed E-state index contributed by atoms with van der Waals surface area (Å²) in [6.07, 6.45) is 7.69. The summed E-state index contributed by atoms with van der Waals surface area (Å²) in [5, 5.41) is 3.61. The maximum absolute atomic E-state index is 12.9. The van der Waals surface area contributed by atoms with E-state index in [1.807, 2.05) is 32.0 Å². The molecule has 2 aliphatic heterocycles. The van der Waals surface area contributed by atoms with E-state index < -0.39 is 5.79 Å². The Morgan fingerprint density at radius 1 is 1.16 bits per heavy atom. The first-order chi connectivity index (χ1) is 15.3. The second-order valence-electron chi connectivity index (χ2n) is 10.6. The molecular formula is C27H35NO4. The first-order valence-electron chi connectivity index (χ1n) is 12.0. The zero-order valence-corrected chi connectivity index (χ0v) is 19.6. The van der Waals surface area contributed by atoms with Crippen LogP contribution in [0, 0.1) is 17.3 Å². The molecule has 0 amide bonds. The third kappa shape index (κ3) is 3.95. The van der Waals surface area contributed by atoms with Gasteiger partial charge in [0.25, 0.3) is 0 Å². The predicted octanol–water partition coefficient (Wildman–Crippen LogP) is 4.70. The molecule has 4 aliphatic rings. The van der Waals surface area contributed by atoms with Crippen LogP contribution in [0.15, 0.2) is 53.6 Å². The fourth-order valence-corrected chi connectivity index (χ4v) is 6.05. The molecule has 6 atom stereocenters. The lowest BCUT2D eigenvalue weighted by Gasteiger charge is -2.43. The Morgan fingerprint density at radius 2 is 1.94 bits per heavy atom. The van der Waals surface area contributed by atoms with Gasteiger partial charge in [-0.1, -0.05) is 55.0 Å². The van der Waals surface area contributed by atoms with Gasteiger partial charge in [0.05, 0.1) is 18.6 Å². The number of rotatable bonds is 4. The number of hydrogen-bond donors (Lipinski definition) is 1. The van der Waals surface area contributed by atoms with Crippen molar-refractivity contribution in [2.75, 3.05) is 13.2 Å². The number of carbonyl (C=O) groups excluding carboxylic acids is 1. The minimum Gasteiger partial charge on any atom is -0.461 e. The zero-order valence-electron chi connectivity index (χ0n) is 19.6. The highest BCUT2D eigenvalue weighted by Crippen LogP contribution is 2.52. The van der Waals surface area contributed by atoms with E-state index in [1.165, 1.54) is 11.1 Å². The topological polar surface area (TPSA) is 56.8 Å². The van der Waals surface area contributed by atoms with Crippen molar-refractivity contribution in [1.82, 2.24) is 5.32 Å². The summed E-state index contributed by atoms with van der Waals surface area (Å²) in [6, 6.07) is 10.2. The average Bonchev–Trinajstić information content (AvgIpc) is 3.05. The Bertz CT molecular complexity index is 936. The van der Waals surface area contributed by atoms with Crippen LogP contribution in [0.25, 0.3) is 0 Å². The molecule has 1 aromatic rings. The lowest BCUT2D eigenvalue weighted by Crippen LogP contribution is -2.52. The molecule has 5 rings (SSSR count). The second-order valence-corrected chi connectivity index (χ2v) is 10.6. The van der Waals surface area contributed by atoms with E-state index in [0.29, 0.717) is 13.2 Å². The number of allylic oxidation sites excluding steroid dienone is 3. The van der Waals surface area contributed by atoms with Crippen molar-refractivity contribution in [3.63, 3.8) is 0 Å². The van der Waals surface area contributed by atoms with Crippen molar-refractivity contribution in [2.24, 2.45) is 17.3 Å². The molecule has 0 bridgehead atoms. The molecule has 2 fully saturated rings. The molecule has 6 unspecified atom stereocenters. The van der Waals surface area contributed by atoms with Crippen LogP contribution < -0.4 is 5.32 Å². The van der Waals surface area contributed by atoms with Gasteiger partial charge in [0.15, 0.2) is 5.79 Å². The molecule has 0 saturated carbocycles. The lowest BCUT2D eigenvalue weighted by molar-refractivity contribution is -0.285.